The van der Waals surface area contributed by atoms with Gasteiger partial charge in [0.15, 0.2) is 0 Å². The van der Waals surface area contributed by atoms with E-state index < -0.39 is 0 Å². The van der Waals surface area contributed by atoms with Crippen LogP contribution in [0.3, 0.4) is 0 Å². The number of nitriles is 2. The molecule has 0 aliphatic heterocycles. The molecule has 0 fully saturated rings. The van der Waals surface area contributed by atoms with Gasteiger partial charge in [-0.1, -0.05) is 82.3 Å². The number of rotatable bonds is 8. The van der Waals surface area contributed by atoms with Crippen molar-refractivity contribution in [3.8, 4) is 33.3 Å². The van der Waals surface area contributed by atoms with E-state index in [2.05, 4.69) is 20.4 Å². The molecule has 0 amide bonds. The molecule has 34 heavy (non-hydrogen) atoms. The fraction of sp³-hybridized carbons (Fsp3) is 0.167. The number of benzene rings is 2. The summed E-state index contributed by atoms with van der Waals surface area (Å²) < 4.78 is 0.657. The first-order chi connectivity index (χ1) is 16.6. The molecule has 0 atom stereocenters. The Hall–Kier alpha value is -3.02. The van der Waals surface area contributed by atoms with E-state index in [1.165, 1.54) is 57.3 Å². The smallest absolute Gasteiger partial charge is 0.149 e. The van der Waals surface area contributed by atoms with Crippen molar-refractivity contribution in [3.05, 3.63) is 79.5 Å². The van der Waals surface area contributed by atoms with Gasteiger partial charge in [0.1, 0.15) is 37.7 Å². The minimum Gasteiger partial charge on any atom is -0.192 e. The Morgan fingerprint density at radius 2 is 1.12 bits per heavy atom. The molecule has 168 valence electrons. The van der Waals surface area contributed by atoms with Gasteiger partial charge in [-0.3, -0.25) is 0 Å². The third-order valence-electron chi connectivity index (χ3n) is 4.61. The predicted octanol–water partition coefficient (Wildman–Crippen LogP) is 6.77. The van der Waals surface area contributed by atoms with Crippen molar-refractivity contribution in [3.63, 3.8) is 0 Å². The van der Waals surface area contributed by atoms with Gasteiger partial charge >= 0.3 is 0 Å². The van der Waals surface area contributed by atoms with Crippen molar-refractivity contribution >= 4 is 46.2 Å². The number of aromatic nitrogens is 4. The van der Waals surface area contributed by atoms with Crippen molar-refractivity contribution in [2.45, 2.75) is 25.4 Å². The Kier molecular flexibility index (Phi) is 8.09. The highest BCUT2D eigenvalue weighted by molar-refractivity contribution is 8.21. The molecule has 0 saturated heterocycles. The zero-order valence-electron chi connectivity index (χ0n) is 18.3. The van der Waals surface area contributed by atoms with Crippen LogP contribution in [0.4, 0.5) is 0 Å². The number of hydrogen-bond donors (Lipinski definition) is 0. The zero-order chi connectivity index (χ0) is 23.9. The molecule has 0 saturated carbocycles. The normalized spacial score (nSPS) is 10.5. The van der Waals surface area contributed by atoms with Gasteiger partial charge in [0, 0.05) is 11.1 Å². The summed E-state index contributed by atoms with van der Waals surface area (Å²) in [5, 5.41) is 39.4. The van der Waals surface area contributed by atoms with Crippen molar-refractivity contribution in [2.75, 3.05) is 0 Å². The van der Waals surface area contributed by atoms with Gasteiger partial charge in [0.05, 0.1) is 15.7 Å². The lowest BCUT2D eigenvalue weighted by molar-refractivity contribution is 1.04. The molecule has 0 aliphatic rings. The maximum absolute atomic E-state index is 9.43. The molecule has 0 aliphatic carbocycles. The highest BCUT2D eigenvalue weighted by Crippen LogP contribution is 2.38. The Morgan fingerprint density at radius 1 is 0.706 bits per heavy atom. The van der Waals surface area contributed by atoms with Crippen LogP contribution in [0.2, 0.25) is 0 Å². The van der Waals surface area contributed by atoms with Gasteiger partial charge in [-0.2, -0.15) is 10.5 Å². The van der Waals surface area contributed by atoms with Crippen LogP contribution in [0.1, 0.15) is 21.1 Å². The van der Waals surface area contributed by atoms with E-state index in [1.54, 1.807) is 0 Å². The molecule has 6 nitrogen and oxygen atoms in total. The molecule has 4 aromatic rings. The predicted molar refractivity (Wildman–Crippen MR) is 141 cm³/mol. The van der Waals surface area contributed by atoms with Crippen LogP contribution in [0.25, 0.3) is 21.1 Å². The molecule has 0 spiro atoms. The standard InChI is InChI=1S/C24H18N6S4/c1-15-3-7-17(8-4-15)22-29-27-20(33-22)13-31-24(19(11-25)12-26)32-14-21-28-30-23(34-21)18-9-5-16(2)6-10-18/h3-10H,13-14H2,1-2H3. The molecule has 10 heteroatoms. The Morgan fingerprint density at radius 3 is 1.50 bits per heavy atom. The van der Waals surface area contributed by atoms with Crippen LogP contribution < -0.4 is 0 Å². The molecule has 4 rings (SSSR count). The summed E-state index contributed by atoms with van der Waals surface area (Å²) in [4.78, 5) is 0. The van der Waals surface area contributed by atoms with E-state index in [9.17, 15) is 10.5 Å². The second-order valence-electron chi connectivity index (χ2n) is 7.20. The first-order valence-corrected chi connectivity index (χ1v) is 13.7. The molecule has 0 radical (unpaired) electrons. The largest absolute Gasteiger partial charge is 0.192 e. The van der Waals surface area contributed by atoms with Crippen LogP contribution in [0, 0.1) is 36.5 Å². The Balaban J connectivity index is 1.42. The minimum absolute atomic E-state index is 0.0987. The Labute approximate surface area is 214 Å². The van der Waals surface area contributed by atoms with Crippen molar-refractivity contribution < 1.29 is 0 Å². The highest BCUT2D eigenvalue weighted by atomic mass is 32.2. The monoisotopic (exact) mass is 518 g/mol. The number of hydrogen-bond acceptors (Lipinski definition) is 10. The summed E-state index contributed by atoms with van der Waals surface area (Å²) in [6.45, 7) is 4.09. The van der Waals surface area contributed by atoms with E-state index in [1.807, 2.05) is 74.5 Å². The molecular weight excluding hydrogens is 501 g/mol. The van der Waals surface area contributed by atoms with Crippen LogP contribution in [-0.2, 0) is 11.5 Å². The van der Waals surface area contributed by atoms with E-state index in [4.69, 9.17) is 0 Å². The molecule has 2 aromatic carbocycles. The molecule has 0 unspecified atom stereocenters. The van der Waals surface area contributed by atoms with E-state index >= 15 is 0 Å². The quantitative estimate of drug-likeness (QED) is 0.236. The molecule has 0 bridgehead atoms. The molecule has 0 N–H and O–H groups in total. The molecule has 2 aromatic heterocycles. The maximum atomic E-state index is 9.43. The number of nitrogens with zero attached hydrogens (tertiary/aromatic N) is 6. The summed E-state index contributed by atoms with van der Waals surface area (Å²) >= 11 is 5.89. The van der Waals surface area contributed by atoms with Crippen LogP contribution in [-0.4, -0.2) is 20.4 Å². The zero-order valence-corrected chi connectivity index (χ0v) is 21.6. The van der Waals surface area contributed by atoms with E-state index in [-0.39, 0.29) is 5.57 Å². The highest BCUT2D eigenvalue weighted by Gasteiger charge is 2.14. The number of aryl methyl sites for hydroxylation is 2. The van der Waals surface area contributed by atoms with Gasteiger partial charge < -0.3 is 0 Å². The number of allylic oxidation sites excluding steroid dienone is 1. The van der Waals surface area contributed by atoms with Crippen molar-refractivity contribution in [2.24, 2.45) is 0 Å². The third-order valence-corrected chi connectivity index (χ3v) is 9.40. The molecular formula is C24H18N6S4. The summed E-state index contributed by atoms with van der Waals surface area (Å²) in [5.74, 6) is 1.06. The first kappa shape index (κ1) is 24.1. The van der Waals surface area contributed by atoms with Gasteiger partial charge in [-0.25, -0.2) is 0 Å². The van der Waals surface area contributed by atoms with Crippen molar-refractivity contribution in [1.82, 2.24) is 20.4 Å². The van der Waals surface area contributed by atoms with Crippen LogP contribution >= 0.6 is 46.2 Å². The first-order valence-electron chi connectivity index (χ1n) is 10.1. The lowest BCUT2D eigenvalue weighted by Crippen LogP contribution is -1.86. The van der Waals surface area contributed by atoms with Gasteiger partial charge in [0.2, 0.25) is 0 Å². The van der Waals surface area contributed by atoms with Crippen LogP contribution in [0.15, 0.2) is 58.3 Å². The SMILES string of the molecule is Cc1ccc(-c2nnc(CSC(SCc3nnc(-c4ccc(C)cc4)s3)=C(C#N)C#N)s2)cc1. The average Bonchev–Trinajstić information content (AvgIpc) is 3.52. The summed E-state index contributed by atoms with van der Waals surface area (Å²) in [6, 6.07) is 20.3. The van der Waals surface area contributed by atoms with E-state index in [0.29, 0.717) is 15.7 Å². The summed E-state index contributed by atoms with van der Waals surface area (Å²) in [5.41, 5.74) is 4.54. The average molecular weight is 519 g/mol. The molecule has 2 heterocycles. The third kappa shape index (κ3) is 6.10. The fourth-order valence-electron chi connectivity index (χ4n) is 2.81. The lowest BCUT2D eigenvalue weighted by Gasteiger charge is -2.04. The van der Waals surface area contributed by atoms with Crippen molar-refractivity contribution in [1.29, 1.82) is 10.5 Å². The number of thioether (sulfide) groups is 2. The summed E-state index contributed by atoms with van der Waals surface area (Å²) in [7, 11) is 0. The Bertz CT molecular complexity index is 1280. The minimum atomic E-state index is 0.0987. The van der Waals surface area contributed by atoms with E-state index in [0.717, 1.165) is 31.2 Å². The lowest BCUT2D eigenvalue weighted by atomic mass is 10.2. The second-order valence-corrected chi connectivity index (χ2v) is 11.6. The van der Waals surface area contributed by atoms with Gasteiger partial charge in [-0.05, 0) is 13.8 Å². The van der Waals surface area contributed by atoms with Gasteiger partial charge in [-0.15, -0.1) is 43.9 Å². The topological polar surface area (TPSA) is 99.1 Å². The van der Waals surface area contributed by atoms with Gasteiger partial charge in [0.25, 0.3) is 0 Å². The fourth-order valence-corrected chi connectivity index (χ4v) is 6.69. The van der Waals surface area contributed by atoms with Crippen LogP contribution in [0.5, 0.6) is 0 Å². The summed E-state index contributed by atoms with van der Waals surface area (Å²) in [6.07, 6.45) is 0. The second kappa shape index (κ2) is 11.4. The maximum Gasteiger partial charge on any atom is 0.149 e.